The van der Waals surface area contributed by atoms with Gasteiger partial charge in [-0.05, 0) is 54.8 Å². The van der Waals surface area contributed by atoms with Crippen LogP contribution in [0.1, 0.15) is 18.1 Å². The normalized spacial score (nSPS) is 17.0. The van der Waals surface area contributed by atoms with Crippen molar-refractivity contribution in [3.05, 3.63) is 66.2 Å². The Morgan fingerprint density at radius 3 is 2.68 bits per heavy atom. The summed E-state index contributed by atoms with van der Waals surface area (Å²) in [5.74, 6) is 1.97. The number of amidine groups is 1. The Hall–Kier alpha value is -3.26. The zero-order valence-electron chi connectivity index (χ0n) is 17.5. The molecule has 1 aliphatic heterocycles. The number of rotatable bonds is 10. The van der Waals surface area contributed by atoms with E-state index in [4.69, 9.17) is 14.2 Å². The minimum absolute atomic E-state index is 0.0711. The Kier molecular flexibility index (Phi) is 8.12. The maximum atomic E-state index is 12.3. The van der Waals surface area contributed by atoms with Gasteiger partial charge in [0.15, 0.2) is 16.7 Å². The highest BCUT2D eigenvalue weighted by Gasteiger charge is 2.30. The fraction of sp³-hybridized carbons (Fsp3) is 0.261. The molecule has 1 amide bonds. The third kappa shape index (κ3) is 6.36. The molecule has 0 radical (unpaired) electrons. The molecule has 0 spiro atoms. The highest BCUT2D eigenvalue weighted by molar-refractivity contribution is 8.15. The average molecular weight is 440 g/mol. The van der Waals surface area contributed by atoms with Crippen molar-refractivity contribution in [2.75, 3.05) is 20.3 Å². The Morgan fingerprint density at radius 1 is 1.16 bits per heavy atom. The van der Waals surface area contributed by atoms with Crippen LogP contribution in [-0.4, -0.2) is 42.9 Å². The molecule has 2 aromatic carbocycles. The van der Waals surface area contributed by atoms with Crippen molar-refractivity contribution in [1.29, 1.82) is 0 Å². The Labute approximate surface area is 186 Å². The number of nitrogens with one attached hydrogen (secondary N) is 1. The van der Waals surface area contributed by atoms with E-state index in [0.717, 1.165) is 16.9 Å². The Morgan fingerprint density at radius 2 is 1.97 bits per heavy atom. The van der Waals surface area contributed by atoms with E-state index < -0.39 is 0 Å². The van der Waals surface area contributed by atoms with E-state index in [9.17, 15) is 4.79 Å². The van der Waals surface area contributed by atoms with Crippen molar-refractivity contribution in [2.45, 2.75) is 18.6 Å². The van der Waals surface area contributed by atoms with Crippen molar-refractivity contribution in [2.24, 2.45) is 10.2 Å². The fourth-order valence-electron chi connectivity index (χ4n) is 2.87. The molecule has 0 bridgehead atoms. The Balaban J connectivity index is 1.59. The number of hydrogen-bond acceptors (Lipinski definition) is 7. The quantitative estimate of drug-likeness (QED) is 0.346. The third-order valence-corrected chi connectivity index (χ3v) is 5.40. The summed E-state index contributed by atoms with van der Waals surface area (Å²) in [5.41, 5.74) is 1.86. The van der Waals surface area contributed by atoms with Crippen LogP contribution >= 0.6 is 11.8 Å². The van der Waals surface area contributed by atoms with Gasteiger partial charge in [-0.2, -0.15) is 5.10 Å². The molecule has 1 saturated heterocycles. The molecule has 3 rings (SSSR count). The lowest BCUT2D eigenvalue weighted by Gasteiger charge is -2.09. The highest BCUT2D eigenvalue weighted by atomic mass is 32.2. The predicted molar refractivity (Wildman–Crippen MR) is 125 cm³/mol. The van der Waals surface area contributed by atoms with E-state index in [1.54, 1.807) is 31.5 Å². The van der Waals surface area contributed by atoms with E-state index in [1.165, 1.54) is 11.8 Å². The summed E-state index contributed by atoms with van der Waals surface area (Å²) in [6, 6.07) is 13.2. The average Bonchev–Trinajstić information content (AvgIpc) is 3.13. The van der Waals surface area contributed by atoms with Gasteiger partial charge in [-0.15, -0.1) is 5.10 Å². The lowest BCUT2D eigenvalue weighted by molar-refractivity contribution is -0.118. The van der Waals surface area contributed by atoms with Crippen LogP contribution in [0.15, 0.2) is 65.3 Å². The highest BCUT2D eigenvalue weighted by Crippen LogP contribution is 2.28. The molecule has 0 saturated carbocycles. The first-order chi connectivity index (χ1) is 15.1. The number of carbonyl (C=O) groups is 1. The summed E-state index contributed by atoms with van der Waals surface area (Å²) >= 11 is 1.37. The van der Waals surface area contributed by atoms with Crippen LogP contribution in [0.25, 0.3) is 0 Å². The summed E-state index contributed by atoms with van der Waals surface area (Å²) in [7, 11) is 1.58. The van der Waals surface area contributed by atoms with Crippen LogP contribution in [0.5, 0.6) is 17.2 Å². The Bertz CT molecular complexity index is 973. The van der Waals surface area contributed by atoms with Crippen LogP contribution in [0, 0.1) is 0 Å². The summed E-state index contributed by atoms with van der Waals surface area (Å²) in [6.45, 7) is 6.60. The maximum Gasteiger partial charge on any atom is 0.239 e. The van der Waals surface area contributed by atoms with Gasteiger partial charge < -0.3 is 19.5 Å². The topological polar surface area (TPSA) is 81.5 Å². The van der Waals surface area contributed by atoms with E-state index in [-0.39, 0.29) is 11.2 Å². The monoisotopic (exact) mass is 439 g/mol. The lowest BCUT2D eigenvalue weighted by Crippen LogP contribution is -2.25. The standard InChI is InChI=1S/C23H25N3O4S/c1-4-12-30-19-11-8-17(13-20(19)28-3)15-24-26-23-25-22(27)21(31-23)14-16-6-9-18(10-7-16)29-5-2/h4,6-11,13,15,21H,1,5,12,14H2,2-3H3,(H,25,26,27)/b24-15+. The SMILES string of the molecule is C=CCOc1ccc(/C=N/N=C2\NC(=O)C(Cc3ccc(OCC)cc3)S2)cc1OC. The smallest absolute Gasteiger partial charge is 0.239 e. The van der Waals surface area contributed by atoms with Gasteiger partial charge in [-0.3, -0.25) is 4.79 Å². The molecule has 1 fully saturated rings. The number of methoxy groups -OCH3 is 1. The van der Waals surface area contributed by atoms with Gasteiger partial charge in [0.1, 0.15) is 12.4 Å². The number of benzene rings is 2. The minimum Gasteiger partial charge on any atom is -0.494 e. The largest absolute Gasteiger partial charge is 0.494 e. The molecule has 0 aromatic heterocycles. The minimum atomic E-state index is -0.242. The third-order valence-electron chi connectivity index (χ3n) is 4.33. The molecule has 0 aliphatic carbocycles. The molecule has 1 heterocycles. The van der Waals surface area contributed by atoms with Crippen molar-refractivity contribution >= 4 is 29.1 Å². The number of hydrogen-bond donors (Lipinski definition) is 1. The molecule has 2 aromatic rings. The lowest BCUT2D eigenvalue weighted by atomic mass is 10.1. The summed E-state index contributed by atoms with van der Waals surface area (Å²) in [6.07, 6.45) is 3.87. The van der Waals surface area contributed by atoms with Crippen molar-refractivity contribution in [3.63, 3.8) is 0 Å². The van der Waals surface area contributed by atoms with E-state index >= 15 is 0 Å². The van der Waals surface area contributed by atoms with Gasteiger partial charge in [0, 0.05) is 0 Å². The van der Waals surface area contributed by atoms with Gasteiger partial charge in [0.25, 0.3) is 0 Å². The van der Waals surface area contributed by atoms with E-state index in [1.807, 2.05) is 37.3 Å². The van der Waals surface area contributed by atoms with Crippen molar-refractivity contribution in [3.8, 4) is 17.2 Å². The number of nitrogens with zero attached hydrogens (tertiary/aromatic N) is 2. The van der Waals surface area contributed by atoms with Crippen LogP contribution in [0.2, 0.25) is 0 Å². The van der Waals surface area contributed by atoms with E-state index in [0.29, 0.717) is 36.3 Å². The van der Waals surface area contributed by atoms with Gasteiger partial charge in [-0.25, -0.2) is 0 Å². The second kappa shape index (κ2) is 11.2. The predicted octanol–water partition coefficient (Wildman–Crippen LogP) is 3.82. The molecule has 7 nitrogen and oxygen atoms in total. The van der Waals surface area contributed by atoms with Crippen molar-refractivity contribution in [1.82, 2.24) is 5.32 Å². The second-order valence-electron chi connectivity index (χ2n) is 6.54. The molecule has 162 valence electrons. The molecule has 31 heavy (non-hydrogen) atoms. The number of ether oxygens (including phenoxy) is 3. The molecular formula is C23H25N3O4S. The molecule has 8 heteroatoms. The van der Waals surface area contributed by atoms with Crippen LogP contribution in [0.4, 0.5) is 0 Å². The fourth-order valence-corrected chi connectivity index (χ4v) is 3.83. The zero-order valence-corrected chi connectivity index (χ0v) is 18.4. The van der Waals surface area contributed by atoms with Crippen LogP contribution in [-0.2, 0) is 11.2 Å². The van der Waals surface area contributed by atoms with E-state index in [2.05, 4.69) is 22.1 Å². The zero-order chi connectivity index (χ0) is 22.1. The molecule has 1 unspecified atom stereocenters. The molecule has 1 atom stereocenters. The van der Waals surface area contributed by atoms with Gasteiger partial charge in [0.05, 0.1) is 25.2 Å². The molecular weight excluding hydrogens is 414 g/mol. The second-order valence-corrected chi connectivity index (χ2v) is 7.73. The van der Waals surface area contributed by atoms with Gasteiger partial charge >= 0.3 is 0 Å². The first-order valence-electron chi connectivity index (χ1n) is 9.85. The number of carbonyl (C=O) groups excluding carboxylic acids is 1. The first-order valence-corrected chi connectivity index (χ1v) is 10.7. The van der Waals surface area contributed by atoms with Gasteiger partial charge in [-0.1, -0.05) is 36.5 Å². The summed E-state index contributed by atoms with van der Waals surface area (Å²) in [4.78, 5) is 12.3. The van der Waals surface area contributed by atoms with Gasteiger partial charge in [0.2, 0.25) is 5.91 Å². The van der Waals surface area contributed by atoms with Crippen LogP contribution in [0.3, 0.4) is 0 Å². The number of amides is 1. The molecule has 1 N–H and O–H groups in total. The number of thioether (sulfide) groups is 1. The first kappa shape index (κ1) is 22.4. The maximum absolute atomic E-state index is 12.3. The summed E-state index contributed by atoms with van der Waals surface area (Å²) < 4.78 is 16.3. The van der Waals surface area contributed by atoms with Crippen LogP contribution < -0.4 is 19.5 Å². The molecule has 1 aliphatic rings. The van der Waals surface area contributed by atoms with Crippen molar-refractivity contribution < 1.29 is 19.0 Å². The summed E-state index contributed by atoms with van der Waals surface area (Å²) in [5, 5.41) is 11.3.